The number of hydrogen-bond acceptors (Lipinski definition) is 11. The van der Waals surface area contributed by atoms with Gasteiger partial charge in [0, 0.05) is 60.3 Å². The highest BCUT2D eigenvalue weighted by Gasteiger charge is 2.61. The molecule has 7 aliphatic rings. The summed E-state index contributed by atoms with van der Waals surface area (Å²) in [6.45, 7) is 0.741. The van der Waals surface area contributed by atoms with E-state index in [4.69, 9.17) is 23.4 Å². The molecule has 3 aliphatic heterocycles. The summed E-state index contributed by atoms with van der Waals surface area (Å²) in [5.41, 5.74) is 5.94. The molecular weight excluding hydrogens is 969 g/mol. The van der Waals surface area contributed by atoms with E-state index in [9.17, 15) is 20.1 Å². The van der Waals surface area contributed by atoms with Gasteiger partial charge in [-0.25, -0.2) is 9.59 Å². The number of carbonyl (C=O) groups is 2. The molecule has 0 amide bonds. The SMILES string of the molecule is COCC(CCO)c1c(CO)c2ccc3c(c2oc1=O)C1OC(=O)CC2CC(c4cccc(C5(c6ccccc6)CCCCC5)c4)CCC2c2ccc(cc2)CCC(=C(C)CO)C(=O)OC1C1(CC=CC2CCCCC21)O3. The first-order chi connectivity index (χ1) is 37.6. The second-order valence-electron chi connectivity index (χ2n) is 23.3. The third-order valence-electron chi connectivity index (χ3n) is 19.2. The summed E-state index contributed by atoms with van der Waals surface area (Å²) in [4.78, 5) is 45.3. The van der Waals surface area contributed by atoms with Crippen LogP contribution in [0.25, 0.3) is 11.0 Å². The first-order valence-electron chi connectivity index (χ1n) is 28.7. The lowest BCUT2D eigenvalue weighted by atomic mass is 9.62. The van der Waals surface area contributed by atoms with Crippen LogP contribution in [0.1, 0.15) is 178 Å². The van der Waals surface area contributed by atoms with Crippen molar-refractivity contribution in [3.8, 4) is 5.75 Å². The zero-order chi connectivity index (χ0) is 53.3. The Balaban J connectivity index is 1.05. The van der Waals surface area contributed by atoms with E-state index in [0.29, 0.717) is 47.1 Å². The number of carbonyl (C=O) groups excluding carboxylic acids is 2. The topological polar surface area (TPSA) is 162 Å². The maximum atomic E-state index is 15.6. The van der Waals surface area contributed by atoms with E-state index >= 15 is 9.59 Å². The fourth-order valence-corrected chi connectivity index (χ4v) is 15.3. The zero-order valence-corrected chi connectivity index (χ0v) is 44.9. The molecule has 1 aromatic heterocycles. The molecule has 9 atom stereocenters. The number of methoxy groups -OCH3 is 1. The van der Waals surface area contributed by atoms with E-state index in [1.807, 2.05) is 0 Å². The van der Waals surface area contributed by atoms with Crippen molar-refractivity contribution in [1.29, 1.82) is 0 Å². The van der Waals surface area contributed by atoms with Crippen molar-refractivity contribution in [3.05, 3.63) is 169 Å². The number of allylic oxidation sites excluding steroid dienone is 1. The predicted molar refractivity (Wildman–Crippen MR) is 295 cm³/mol. The quantitative estimate of drug-likeness (QED) is 0.0528. The molecule has 406 valence electrons. The number of esters is 2. The highest BCUT2D eigenvalue weighted by molar-refractivity contribution is 5.90. The van der Waals surface area contributed by atoms with Crippen molar-refractivity contribution in [2.75, 3.05) is 26.9 Å². The predicted octanol–water partition coefficient (Wildman–Crippen LogP) is 12.1. The van der Waals surface area contributed by atoms with Crippen LogP contribution in [0.4, 0.5) is 0 Å². The van der Waals surface area contributed by atoms with Gasteiger partial charge < -0.3 is 38.7 Å². The van der Waals surface area contributed by atoms with Crippen LogP contribution >= 0.6 is 0 Å². The minimum absolute atomic E-state index is 0.0510. The molecule has 3 N–H and O–H groups in total. The number of aliphatic hydroxyl groups is 3. The molecule has 1 spiro atoms. The summed E-state index contributed by atoms with van der Waals surface area (Å²) in [5, 5.41) is 32.3. The van der Waals surface area contributed by atoms with Gasteiger partial charge in [-0.15, -0.1) is 0 Å². The summed E-state index contributed by atoms with van der Waals surface area (Å²) in [5.74, 6) is -1.21. The van der Waals surface area contributed by atoms with E-state index in [1.54, 1.807) is 19.1 Å². The van der Waals surface area contributed by atoms with E-state index in [0.717, 1.165) is 68.9 Å². The maximum absolute atomic E-state index is 15.6. The number of fused-ring (bicyclic) bond motifs is 13. The van der Waals surface area contributed by atoms with Crippen LogP contribution in [-0.2, 0) is 42.2 Å². The zero-order valence-electron chi connectivity index (χ0n) is 44.9. The number of benzene rings is 4. The van der Waals surface area contributed by atoms with Gasteiger partial charge in [-0.1, -0.05) is 123 Å². The highest BCUT2D eigenvalue weighted by atomic mass is 16.6. The number of rotatable bonds is 10. The Bertz CT molecular complexity index is 3050. The average molecular weight is 1050 g/mol. The van der Waals surface area contributed by atoms with E-state index in [1.165, 1.54) is 43.1 Å². The third-order valence-corrected chi connectivity index (χ3v) is 19.2. The smallest absolute Gasteiger partial charge is 0.340 e. The Morgan fingerprint density at radius 3 is 2.36 bits per heavy atom. The van der Waals surface area contributed by atoms with Gasteiger partial charge >= 0.3 is 17.6 Å². The molecule has 4 heterocycles. The lowest BCUT2D eigenvalue weighted by Gasteiger charge is -2.54. The maximum Gasteiger partial charge on any atom is 0.340 e. The minimum atomic E-state index is -1.30. The Kier molecular flexibility index (Phi) is 15.8. The summed E-state index contributed by atoms with van der Waals surface area (Å²) in [7, 11) is 1.52. The molecule has 0 saturated heterocycles. The molecule has 12 rings (SSSR count). The molecule has 11 nitrogen and oxygen atoms in total. The van der Waals surface area contributed by atoms with Crippen LogP contribution in [0.3, 0.4) is 0 Å². The normalized spacial score (nSPS) is 28.3. The molecule has 3 saturated carbocycles. The molecule has 4 aromatic carbocycles. The van der Waals surface area contributed by atoms with Gasteiger partial charge in [0.25, 0.3) is 0 Å². The third kappa shape index (κ3) is 10.0. The van der Waals surface area contributed by atoms with Crippen LogP contribution in [0.5, 0.6) is 5.75 Å². The molecule has 4 aliphatic carbocycles. The Hall–Kier alpha value is -5.85. The fraction of sp³-hybridized carbons (Fsp3) is 0.500. The van der Waals surface area contributed by atoms with Crippen molar-refractivity contribution in [2.24, 2.45) is 17.8 Å². The number of hydrogen-bond donors (Lipinski definition) is 3. The second-order valence-corrected chi connectivity index (χ2v) is 23.3. The monoisotopic (exact) mass is 1040 g/mol. The van der Waals surface area contributed by atoms with Gasteiger partial charge in [0.1, 0.15) is 11.3 Å². The number of aliphatic hydroxyl groups excluding tert-OH is 3. The summed E-state index contributed by atoms with van der Waals surface area (Å²) in [6, 6.07) is 32.5. The first kappa shape index (κ1) is 53.2. The highest BCUT2D eigenvalue weighted by Crippen LogP contribution is 2.57. The molecule has 5 aromatic rings. The van der Waals surface area contributed by atoms with Crippen molar-refractivity contribution < 1.29 is 48.3 Å². The van der Waals surface area contributed by atoms with Gasteiger partial charge in [0.05, 0.1) is 25.4 Å². The average Bonchev–Trinajstić information content (AvgIpc) is 3.62. The minimum Gasteiger partial charge on any atom is -0.482 e. The van der Waals surface area contributed by atoms with Crippen LogP contribution in [0, 0.1) is 17.8 Å². The van der Waals surface area contributed by atoms with Crippen molar-refractivity contribution >= 4 is 22.9 Å². The van der Waals surface area contributed by atoms with Crippen molar-refractivity contribution in [2.45, 2.75) is 164 Å². The summed E-state index contributed by atoms with van der Waals surface area (Å²) >= 11 is 0. The Labute approximate surface area is 452 Å². The Morgan fingerprint density at radius 1 is 0.805 bits per heavy atom. The van der Waals surface area contributed by atoms with Gasteiger partial charge in [0.2, 0.25) is 0 Å². The molecule has 77 heavy (non-hydrogen) atoms. The van der Waals surface area contributed by atoms with Crippen LogP contribution in [0.2, 0.25) is 0 Å². The number of aryl methyl sites for hydroxylation is 1. The lowest BCUT2D eigenvalue weighted by molar-refractivity contribution is -0.208. The first-order valence-corrected chi connectivity index (χ1v) is 28.7. The molecule has 0 radical (unpaired) electrons. The van der Waals surface area contributed by atoms with Crippen molar-refractivity contribution in [1.82, 2.24) is 0 Å². The molecule has 2 bridgehead atoms. The van der Waals surface area contributed by atoms with Crippen LogP contribution in [-0.4, -0.2) is 65.9 Å². The molecular formula is C66H76O11. The molecule has 9 unspecified atom stereocenters. The molecule has 11 heteroatoms. The standard InChI is InChI=1S/C66H76O11/c1-41(38-68)51-26-22-42-20-23-43(24-21-42)52-27-25-46(45-14-11-18-50(36-45)65(31-9-4-10-32-65)49-16-5-3-6-17-49)35-48(52)37-57(70)74-61-59-56(77-66(62(61)76-63(51)71)33-12-15-44-13-7-8-19-55(44)66)29-28-53-54(39-69)58(64(72)75-60(53)59)47(30-34-67)40-73-2/h3,5-6,11-12,14-18,20-21,23-24,28-29,36,44,46-48,52,55,61-62,67-69H,4,7-10,13,19,22,25-27,30-35,37-40H2,1-2H3. The van der Waals surface area contributed by atoms with Gasteiger partial charge in [-0.3, -0.25) is 4.79 Å². The van der Waals surface area contributed by atoms with E-state index < -0.39 is 47.9 Å². The lowest BCUT2D eigenvalue weighted by Crippen LogP contribution is -2.62. The van der Waals surface area contributed by atoms with Crippen LogP contribution in [0.15, 0.2) is 124 Å². The largest absolute Gasteiger partial charge is 0.482 e. The summed E-state index contributed by atoms with van der Waals surface area (Å²) in [6.07, 6.45) is 15.4. The van der Waals surface area contributed by atoms with E-state index in [2.05, 4.69) is 91.0 Å². The Morgan fingerprint density at radius 2 is 1.60 bits per heavy atom. The van der Waals surface area contributed by atoms with Gasteiger partial charge in [-0.2, -0.15) is 0 Å². The molecule has 3 fully saturated rings. The van der Waals surface area contributed by atoms with Gasteiger partial charge in [0.15, 0.2) is 17.8 Å². The van der Waals surface area contributed by atoms with Crippen LogP contribution < -0.4 is 10.4 Å². The van der Waals surface area contributed by atoms with Crippen molar-refractivity contribution in [3.63, 3.8) is 0 Å². The summed E-state index contributed by atoms with van der Waals surface area (Å²) < 4.78 is 33.3. The van der Waals surface area contributed by atoms with E-state index in [-0.39, 0.29) is 84.4 Å². The fourth-order valence-electron chi connectivity index (χ4n) is 15.3. The number of ether oxygens (including phenoxy) is 4. The van der Waals surface area contributed by atoms with Gasteiger partial charge in [-0.05, 0) is 146 Å². The second kappa shape index (κ2) is 22.9.